The van der Waals surface area contributed by atoms with Gasteiger partial charge in [0, 0.05) is 0 Å². The van der Waals surface area contributed by atoms with Crippen molar-refractivity contribution in [1.29, 1.82) is 0 Å². The second kappa shape index (κ2) is 18.0. The van der Waals surface area contributed by atoms with Gasteiger partial charge < -0.3 is 24.8 Å². The summed E-state index contributed by atoms with van der Waals surface area (Å²) in [6.07, 6.45) is 6.51. The molecule has 1 aliphatic rings. The van der Waals surface area contributed by atoms with Gasteiger partial charge >= 0.3 is 99.2 Å². The molecular formula is C45H52Cl2Zr-2. The number of rotatable bonds is 4. The molecule has 0 spiro atoms. The molecule has 0 atom stereocenters. The van der Waals surface area contributed by atoms with Crippen LogP contribution in [0.25, 0.3) is 21.5 Å². The van der Waals surface area contributed by atoms with Gasteiger partial charge in [0.25, 0.3) is 0 Å². The number of fused-ring (bicyclic) bond motifs is 3. The topological polar surface area (TPSA) is 0 Å². The van der Waals surface area contributed by atoms with Gasteiger partial charge in [0.05, 0.1) is 0 Å². The number of allylic oxidation sites excluding steroid dienone is 4. The van der Waals surface area contributed by atoms with Gasteiger partial charge in [0.1, 0.15) is 0 Å². The standard InChI is InChI=1S/C21H25.C13H10.C11H17.2ClH.Zr/c1-20(2,3)16-7-9-18-14(12-16)11-15-13-17(21(4,5)6)8-10-19(15)18;1-3-7-12(8-4-1)11-13-9-5-2-6-10-13;1-8(2)10-6-5-7-11(10)9(3)4;;;/h7-13H,1-6H3;1-10H;6,8-9H,7H2,1-4H3;2*1H;/q-1;;-1;;;+2/p-2. The van der Waals surface area contributed by atoms with Crippen LogP contribution in [0.1, 0.15) is 97.9 Å². The van der Waals surface area contributed by atoms with Gasteiger partial charge in [-0.25, -0.2) is 6.08 Å². The SMILES string of the molecule is CC(C)(C)c1ccc2c(c1)[cH-]c1cc(C(C)(C)C)ccc12.CC(C)C1=C(C(C)C)C[C-]=C1.[Cl-].[Cl-].[Zr+2]=[C](c1ccccc1)c1ccccc1. The van der Waals surface area contributed by atoms with Crippen molar-refractivity contribution in [3.63, 3.8) is 0 Å². The van der Waals surface area contributed by atoms with Crippen LogP contribution in [0.15, 0.2) is 120 Å². The van der Waals surface area contributed by atoms with E-state index in [0.29, 0.717) is 11.8 Å². The van der Waals surface area contributed by atoms with Crippen LogP contribution in [-0.2, 0) is 35.1 Å². The molecular weight excluding hydrogens is 703 g/mol. The van der Waals surface area contributed by atoms with E-state index in [1.807, 2.05) is 0 Å². The van der Waals surface area contributed by atoms with Crippen LogP contribution >= 0.6 is 0 Å². The summed E-state index contributed by atoms with van der Waals surface area (Å²) in [7, 11) is 0. The van der Waals surface area contributed by atoms with Gasteiger partial charge in [-0.15, -0.1) is 46.2 Å². The zero-order valence-electron chi connectivity index (χ0n) is 30.5. The van der Waals surface area contributed by atoms with Crippen LogP contribution in [0.5, 0.6) is 0 Å². The summed E-state index contributed by atoms with van der Waals surface area (Å²) in [6.45, 7) is 22.7. The van der Waals surface area contributed by atoms with Gasteiger partial charge in [-0.05, 0) is 16.7 Å². The molecule has 0 aromatic heterocycles. The maximum absolute atomic E-state index is 3.29. The Bertz CT molecular complexity index is 1710. The molecule has 0 radical (unpaired) electrons. The van der Waals surface area contributed by atoms with Crippen molar-refractivity contribution in [2.75, 3.05) is 0 Å². The number of hydrogen-bond acceptors (Lipinski definition) is 0. The summed E-state index contributed by atoms with van der Waals surface area (Å²) < 4.78 is 1.42. The fourth-order valence-corrected chi connectivity index (χ4v) is 6.69. The molecule has 0 saturated carbocycles. The minimum absolute atomic E-state index is 0. The summed E-state index contributed by atoms with van der Waals surface area (Å²) in [5, 5.41) is 5.48. The Morgan fingerprint density at radius 2 is 1.04 bits per heavy atom. The molecule has 1 aliphatic carbocycles. The first-order chi connectivity index (χ1) is 21.7. The van der Waals surface area contributed by atoms with Crippen molar-refractivity contribution in [2.45, 2.75) is 86.5 Å². The van der Waals surface area contributed by atoms with E-state index in [2.05, 4.69) is 185 Å². The zero-order valence-corrected chi connectivity index (χ0v) is 34.5. The van der Waals surface area contributed by atoms with Crippen molar-refractivity contribution in [3.8, 4) is 0 Å². The molecule has 0 bridgehead atoms. The van der Waals surface area contributed by atoms with E-state index in [-0.39, 0.29) is 35.6 Å². The van der Waals surface area contributed by atoms with E-state index < -0.39 is 0 Å². The Morgan fingerprint density at radius 3 is 1.38 bits per heavy atom. The summed E-state index contributed by atoms with van der Waals surface area (Å²) in [5.74, 6) is 1.36. The van der Waals surface area contributed by atoms with E-state index in [9.17, 15) is 0 Å². The molecule has 0 fully saturated rings. The number of halogens is 2. The predicted octanol–water partition coefficient (Wildman–Crippen LogP) is 6.48. The number of hydrogen-bond donors (Lipinski definition) is 0. The predicted molar refractivity (Wildman–Crippen MR) is 200 cm³/mol. The van der Waals surface area contributed by atoms with E-state index in [1.54, 1.807) is 5.57 Å². The molecule has 48 heavy (non-hydrogen) atoms. The Labute approximate surface area is 318 Å². The Kier molecular flexibility index (Phi) is 15.6. The van der Waals surface area contributed by atoms with Crippen molar-refractivity contribution in [3.05, 3.63) is 149 Å². The van der Waals surface area contributed by atoms with Crippen LogP contribution in [-0.4, -0.2) is 3.21 Å². The first-order valence-corrected chi connectivity index (χ1v) is 18.0. The molecule has 0 saturated heterocycles. The van der Waals surface area contributed by atoms with Crippen LogP contribution in [0.4, 0.5) is 0 Å². The van der Waals surface area contributed by atoms with Gasteiger partial charge in [-0.2, -0.15) is 11.1 Å². The van der Waals surface area contributed by atoms with Crippen molar-refractivity contribution in [2.24, 2.45) is 11.8 Å². The molecule has 0 nitrogen and oxygen atoms in total. The molecule has 0 unspecified atom stereocenters. The molecule has 5 aromatic carbocycles. The van der Waals surface area contributed by atoms with Crippen LogP contribution < -0.4 is 24.8 Å². The van der Waals surface area contributed by atoms with Crippen LogP contribution in [0.3, 0.4) is 0 Å². The Morgan fingerprint density at radius 1 is 0.625 bits per heavy atom. The second-order valence-corrected chi connectivity index (χ2v) is 16.4. The fraction of sp³-hybridized carbons (Fsp3) is 0.333. The first kappa shape index (κ1) is 41.7. The van der Waals surface area contributed by atoms with Gasteiger partial charge in [-0.1, -0.05) is 111 Å². The molecule has 3 heteroatoms. The molecule has 252 valence electrons. The maximum atomic E-state index is 3.29. The van der Waals surface area contributed by atoms with Gasteiger partial charge in [0.2, 0.25) is 0 Å². The molecule has 6 rings (SSSR count). The Balaban J connectivity index is 0.000000260. The monoisotopic (exact) mass is 752 g/mol. The summed E-state index contributed by atoms with van der Waals surface area (Å²) in [6, 6.07) is 37.3. The molecule has 5 aromatic rings. The molecule has 0 heterocycles. The molecule has 0 aliphatic heterocycles. The van der Waals surface area contributed by atoms with Crippen molar-refractivity contribution >= 4 is 24.8 Å². The van der Waals surface area contributed by atoms with Crippen molar-refractivity contribution in [1.82, 2.24) is 0 Å². The van der Waals surface area contributed by atoms with E-state index >= 15 is 0 Å². The van der Waals surface area contributed by atoms with Gasteiger partial charge in [-0.3, -0.25) is 6.08 Å². The van der Waals surface area contributed by atoms with E-state index in [0.717, 1.165) is 6.42 Å². The minimum atomic E-state index is 0. The first-order valence-electron chi connectivity index (χ1n) is 16.8. The second-order valence-electron chi connectivity index (χ2n) is 15.2. The van der Waals surface area contributed by atoms with E-state index in [1.165, 1.54) is 76.8 Å². The van der Waals surface area contributed by atoms with Crippen LogP contribution in [0.2, 0.25) is 0 Å². The van der Waals surface area contributed by atoms with Crippen LogP contribution in [0, 0.1) is 17.9 Å². The summed E-state index contributed by atoms with van der Waals surface area (Å²) in [5.41, 5.74) is 8.97. The third-order valence-electron chi connectivity index (χ3n) is 8.80. The quantitative estimate of drug-likeness (QED) is 0.185. The van der Waals surface area contributed by atoms with Gasteiger partial charge in [0.15, 0.2) is 0 Å². The summed E-state index contributed by atoms with van der Waals surface area (Å²) in [4.78, 5) is 0. The fourth-order valence-electron chi connectivity index (χ4n) is 5.87. The summed E-state index contributed by atoms with van der Waals surface area (Å²) >= 11 is 1.46. The average molecular weight is 755 g/mol. The average Bonchev–Trinajstić information content (AvgIpc) is 3.66. The number of benzene rings is 4. The Hall–Kier alpha value is -2.44. The van der Waals surface area contributed by atoms with E-state index in [4.69, 9.17) is 0 Å². The van der Waals surface area contributed by atoms with Crippen molar-refractivity contribution < 1.29 is 49.0 Å². The third-order valence-corrected chi connectivity index (χ3v) is 10.2. The normalized spacial score (nSPS) is 12.7. The third kappa shape index (κ3) is 10.8. The zero-order chi connectivity index (χ0) is 33.6. The molecule has 0 N–H and O–H groups in total. The molecule has 0 amide bonds.